The quantitative estimate of drug-likeness (QED) is 0.520. The topological polar surface area (TPSA) is 30.3 Å². The highest BCUT2D eigenvalue weighted by atomic mass is 15.3. The van der Waals surface area contributed by atoms with Crippen molar-refractivity contribution in [1.29, 1.82) is 5.41 Å². The summed E-state index contributed by atoms with van der Waals surface area (Å²) in [6.45, 7) is 4.24. The van der Waals surface area contributed by atoms with Gasteiger partial charge in [-0.15, -0.1) is 0 Å². The van der Waals surface area contributed by atoms with Gasteiger partial charge in [-0.3, -0.25) is 5.41 Å². The third kappa shape index (κ3) is 2.47. The molecule has 1 aliphatic rings. The number of hydrogen-bond donors (Lipinski definition) is 1. The average Bonchev–Trinajstić information content (AvgIpc) is 3.08. The highest BCUT2D eigenvalue weighted by Gasteiger charge is 2.22. The van der Waals surface area contributed by atoms with Crippen LogP contribution in [0.4, 0.5) is 11.4 Å². The van der Waals surface area contributed by atoms with Crippen LogP contribution in [0.1, 0.15) is 22.3 Å². The lowest BCUT2D eigenvalue weighted by molar-refractivity contribution is 1.01. The van der Waals surface area contributed by atoms with Gasteiger partial charge in [0.2, 0.25) is 5.96 Å². The van der Waals surface area contributed by atoms with E-state index in [2.05, 4.69) is 62.4 Å². The Morgan fingerprint density at radius 3 is 2.38 bits per heavy atom. The van der Waals surface area contributed by atoms with Crippen molar-refractivity contribution in [3.8, 4) is 0 Å². The van der Waals surface area contributed by atoms with Crippen LogP contribution in [0.3, 0.4) is 0 Å². The van der Waals surface area contributed by atoms with Crippen molar-refractivity contribution in [1.82, 2.24) is 0 Å². The highest BCUT2D eigenvalue weighted by Crippen LogP contribution is 2.37. The lowest BCUT2D eigenvalue weighted by Gasteiger charge is -2.30. The van der Waals surface area contributed by atoms with Gasteiger partial charge in [-0.2, -0.15) is 0 Å². The van der Waals surface area contributed by atoms with Crippen molar-refractivity contribution in [2.45, 2.75) is 26.7 Å². The molecule has 0 heterocycles. The molecule has 0 bridgehead atoms. The molecule has 0 saturated heterocycles. The van der Waals surface area contributed by atoms with E-state index in [1.54, 1.807) is 0 Å². The summed E-state index contributed by atoms with van der Waals surface area (Å²) in [5.41, 5.74) is 7.50. The van der Waals surface area contributed by atoms with E-state index in [9.17, 15) is 0 Å². The number of guanidine groups is 1. The van der Waals surface area contributed by atoms with Crippen LogP contribution in [0, 0.1) is 19.3 Å². The number of benzene rings is 3. The molecule has 4 rings (SSSR count). The largest absolute Gasteiger partial charge is 0.315 e. The maximum Gasteiger partial charge on any atom is 0.202 e. The second kappa shape index (κ2) is 6.17. The van der Waals surface area contributed by atoms with Crippen molar-refractivity contribution < 1.29 is 0 Å². The molecule has 3 aromatic carbocycles. The molecule has 0 radical (unpaired) electrons. The Morgan fingerprint density at radius 1 is 0.846 bits per heavy atom. The standard InChI is InChI=1S/C23H25N3/c1-15-7-5-10-20(16(15)2)25(3)23(24)26(4)21-14-12-18-9-6-8-17-11-13-19(21)22(17)18/h5-10,12,14,24H,11,13H2,1-4H3. The SMILES string of the molecule is Cc1cccc(N(C)C(=N)N(C)c2ccc3cccc4c3c2CC4)c1C. The van der Waals surface area contributed by atoms with Crippen LogP contribution < -0.4 is 9.80 Å². The fraction of sp³-hybridized carbons (Fsp3) is 0.261. The number of aryl methyl sites for hydroxylation is 3. The Labute approximate surface area is 155 Å². The van der Waals surface area contributed by atoms with E-state index in [0.29, 0.717) is 5.96 Å². The predicted octanol–water partition coefficient (Wildman–Crippen LogP) is 5.06. The van der Waals surface area contributed by atoms with Crippen LogP contribution in [-0.4, -0.2) is 20.1 Å². The van der Waals surface area contributed by atoms with E-state index in [-0.39, 0.29) is 0 Å². The molecule has 0 atom stereocenters. The van der Waals surface area contributed by atoms with Gasteiger partial charge < -0.3 is 9.80 Å². The molecule has 0 fully saturated rings. The maximum absolute atomic E-state index is 8.79. The van der Waals surface area contributed by atoms with E-state index in [4.69, 9.17) is 5.41 Å². The van der Waals surface area contributed by atoms with Gasteiger partial charge in [-0.1, -0.05) is 36.4 Å². The Balaban J connectivity index is 1.72. The summed E-state index contributed by atoms with van der Waals surface area (Å²) in [7, 11) is 3.98. The fourth-order valence-electron chi connectivity index (χ4n) is 4.11. The molecular formula is C23H25N3. The Morgan fingerprint density at radius 2 is 1.58 bits per heavy atom. The molecule has 0 amide bonds. The lowest BCUT2D eigenvalue weighted by Crippen LogP contribution is -2.40. The predicted molar refractivity (Wildman–Crippen MR) is 112 cm³/mol. The molecule has 1 aliphatic carbocycles. The molecule has 0 spiro atoms. The first-order valence-electron chi connectivity index (χ1n) is 9.14. The molecule has 0 saturated carbocycles. The monoisotopic (exact) mass is 343 g/mol. The van der Waals surface area contributed by atoms with Crippen molar-refractivity contribution in [2.24, 2.45) is 0 Å². The van der Waals surface area contributed by atoms with Crippen LogP contribution in [0.25, 0.3) is 10.8 Å². The normalized spacial score (nSPS) is 12.5. The third-order valence-corrected chi connectivity index (χ3v) is 5.79. The van der Waals surface area contributed by atoms with Gasteiger partial charge in [0.15, 0.2) is 0 Å². The molecule has 26 heavy (non-hydrogen) atoms. The number of hydrogen-bond acceptors (Lipinski definition) is 1. The van der Waals surface area contributed by atoms with Gasteiger partial charge in [0.05, 0.1) is 0 Å². The highest BCUT2D eigenvalue weighted by molar-refractivity contribution is 6.07. The van der Waals surface area contributed by atoms with Crippen LogP contribution in [-0.2, 0) is 12.8 Å². The number of rotatable bonds is 2. The minimum Gasteiger partial charge on any atom is -0.315 e. The van der Waals surface area contributed by atoms with Gasteiger partial charge in [0, 0.05) is 25.5 Å². The molecule has 3 heteroatoms. The van der Waals surface area contributed by atoms with E-state index in [1.165, 1.54) is 33.0 Å². The van der Waals surface area contributed by atoms with Gasteiger partial charge >= 0.3 is 0 Å². The lowest BCUT2D eigenvalue weighted by atomic mass is 10.0. The Kier molecular flexibility index (Phi) is 3.95. The minimum atomic E-state index is 0.485. The van der Waals surface area contributed by atoms with Crippen molar-refractivity contribution in [3.05, 3.63) is 70.8 Å². The van der Waals surface area contributed by atoms with Crippen LogP contribution in [0.15, 0.2) is 48.5 Å². The van der Waals surface area contributed by atoms with E-state index >= 15 is 0 Å². The van der Waals surface area contributed by atoms with Gasteiger partial charge in [0.1, 0.15) is 0 Å². The maximum atomic E-state index is 8.79. The first kappa shape index (κ1) is 16.6. The van der Waals surface area contributed by atoms with E-state index in [1.807, 2.05) is 23.9 Å². The Bertz CT molecular complexity index is 1020. The van der Waals surface area contributed by atoms with Gasteiger partial charge in [0.25, 0.3) is 0 Å². The van der Waals surface area contributed by atoms with E-state index < -0.39 is 0 Å². The minimum absolute atomic E-state index is 0.485. The molecular weight excluding hydrogens is 318 g/mol. The molecule has 132 valence electrons. The first-order chi connectivity index (χ1) is 12.5. The summed E-state index contributed by atoms with van der Waals surface area (Å²) in [6, 6.07) is 17.2. The molecule has 3 nitrogen and oxygen atoms in total. The van der Waals surface area contributed by atoms with Crippen molar-refractivity contribution in [2.75, 3.05) is 23.9 Å². The van der Waals surface area contributed by atoms with Gasteiger partial charge in [-0.05, 0) is 71.8 Å². The molecule has 0 aliphatic heterocycles. The summed E-state index contributed by atoms with van der Waals surface area (Å²) >= 11 is 0. The third-order valence-electron chi connectivity index (χ3n) is 5.79. The fourth-order valence-corrected chi connectivity index (χ4v) is 4.11. The summed E-state index contributed by atoms with van der Waals surface area (Å²) < 4.78 is 0. The summed E-state index contributed by atoms with van der Waals surface area (Å²) in [6.07, 6.45) is 2.15. The van der Waals surface area contributed by atoms with E-state index in [0.717, 1.165) is 24.2 Å². The van der Waals surface area contributed by atoms with Gasteiger partial charge in [-0.25, -0.2) is 0 Å². The number of nitrogens with zero attached hydrogens (tertiary/aromatic N) is 2. The zero-order valence-corrected chi connectivity index (χ0v) is 15.9. The summed E-state index contributed by atoms with van der Waals surface area (Å²) in [5.74, 6) is 0.485. The molecule has 1 N–H and O–H groups in total. The molecule has 0 unspecified atom stereocenters. The van der Waals surface area contributed by atoms with Crippen LogP contribution in [0.2, 0.25) is 0 Å². The van der Waals surface area contributed by atoms with Crippen molar-refractivity contribution >= 4 is 28.1 Å². The van der Waals surface area contributed by atoms with Crippen LogP contribution in [0.5, 0.6) is 0 Å². The zero-order valence-electron chi connectivity index (χ0n) is 15.9. The van der Waals surface area contributed by atoms with Crippen LogP contribution >= 0.6 is 0 Å². The molecule has 0 aromatic heterocycles. The second-order valence-electron chi connectivity index (χ2n) is 7.24. The van der Waals surface area contributed by atoms with Crippen molar-refractivity contribution in [3.63, 3.8) is 0 Å². The summed E-state index contributed by atoms with van der Waals surface area (Å²) in [4.78, 5) is 3.98. The first-order valence-corrected chi connectivity index (χ1v) is 9.14. The second-order valence-corrected chi connectivity index (χ2v) is 7.24. The summed E-state index contributed by atoms with van der Waals surface area (Å²) in [5, 5.41) is 11.5. The molecule has 3 aromatic rings. The smallest absolute Gasteiger partial charge is 0.202 e. The zero-order chi connectivity index (χ0) is 18.4. The number of anilines is 2. The number of nitrogens with one attached hydrogen (secondary N) is 1. The Hall–Kier alpha value is -2.81. The average molecular weight is 343 g/mol.